The highest BCUT2D eigenvalue weighted by Crippen LogP contribution is 2.31. The molecule has 0 radical (unpaired) electrons. The third-order valence-electron chi connectivity index (χ3n) is 2.76. The molecule has 2 nitrogen and oxygen atoms in total. The molecule has 0 aromatic heterocycles. The number of nitrogens with zero attached hydrogens (tertiary/aromatic N) is 1. The van der Waals surface area contributed by atoms with Crippen molar-refractivity contribution >= 4 is 22.4 Å². The molecule has 2 unspecified atom stereocenters. The van der Waals surface area contributed by atoms with Crippen LogP contribution in [0.15, 0.2) is 59.5 Å². The Morgan fingerprint density at radius 3 is 2.37 bits per heavy atom. The molecule has 0 spiro atoms. The van der Waals surface area contributed by atoms with Crippen molar-refractivity contribution in [1.29, 1.82) is 5.26 Å². The lowest BCUT2D eigenvalue weighted by Crippen LogP contribution is -2.07. The van der Waals surface area contributed by atoms with Gasteiger partial charge in [-0.25, -0.2) is 0 Å². The fourth-order valence-electron chi connectivity index (χ4n) is 1.83. The Morgan fingerprint density at radius 2 is 1.74 bits per heavy atom. The van der Waals surface area contributed by atoms with Gasteiger partial charge in [-0.05, 0) is 17.7 Å². The molecule has 0 saturated carbocycles. The van der Waals surface area contributed by atoms with Crippen molar-refractivity contribution in [2.45, 2.75) is 16.6 Å². The highest BCUT2D eigenvalue weighted by Gasteiger charge is 2.21. The van der Waals surface area contributed by atoms with Crippen molar-refractivity contribution in [3.8, 4) is 6.07 Å². The Labute approximate surface area is 120 Å². The third kappa shape index (κ3) is 3.23. The van der Waals surface area contributed by atoms with Crippen LogP contribution in [-0.2, 0) is 10.8 Å². The zero-order valence-corrected chi connectivity index (χ0v) is 11.7. The highest BCUT2D eigenvalue weighted by atomic mass is 35.5. The van der Waals surface area contributed by atoms with Crippen molar-refractivity contribution in [3.05, 3.63) is 65.2 Å². The van der Waals surface area contributed by atoms with Crippen LogP contribution in [0.25, 0.3) is 0 Å². The summed E-state index contributed by atoms with van der Waals surface area (Å²) >= 11 is 6.07. The minimum absolute atomic E-state index is 0.196. The summed E-state index contributed by atoms with van der Waals surface area (Å²) in [6.07, 6.45) is 0.196. The van der Waals surface area contributed by atoms with Crippen molar-refractivity contribution in [1.82, 2.24) is 0 Å². The number of benzene rings is 2. The molecule has 19 heavy (non-hydrogen) atoms. The summed E-state index contributed by atoms with van der Waals surface area (Å²) in [5.41, 5.74) is 0.891. The first-order chi connectivity index (χ1) is 9.24. The molecule has 0 aliphatic heterocycles. The van der Waals surface area contributed by atoms with E-state index in [0.29, 0.717) is 9.92 Å². The predicted molar refractivity (Wildman–Crippen MR) is 77.3 cm³/mol. The maximum absolute atomic E-state index is 12.6. The molecule has 0 heterocycles. The summed E-state index contributed by atoms with van der Waals surface area (Å²) in [6, 6.07) is 18.6. The van der Waals surface area contributed by atoms with E-state index in [2.05, 4.69) is 6.07 Å². The maximum atomic E-state index is 12.6. The lowest BCUT2D eigenvalue weighted by atomic mass is 10.1. The van der Waals surface area contributed by atoms with Gasteiger partial charge in [0.05, 0.1) is 38.5 Å². The number of rotatable bonds is 4. The SMILES string of the molecule is N#CCC(c1ccccc1)S(=O)c1ccccc1Cl. The van der Waals surface area contributed by atoms with Crippen molar-refractivity contribution in [2.75, 3.05) is 0 Å². The average molecular weight is 290 g/mol. The smallest absolute Gasteiger partial charge is 0.0774 e. The van der Waals surface area contributed by atoms with Gasteiger partial charge in [-0.1, -0.05) is 54.1 Å². The molecule has 0 aliphatic carbocycles. The molecule has 0 amide bonds. The zero-order chi connectivity index (χ0) is 13.7. The monoisotopic (exact) mass is 289 g/mol. The van der Waals surface area contributed by atoms with Crippen molar-refractivity contribution < 1.29 is 4.21 Å². The Hall–Kier alpha value is -1.63. The Bertz CT molecular complexity index is 622. The van der Waals surface area contributed by atoms with Gasteiger partial charge in [0.2, 0.25) is 0 Å². The maximum Gasteiger partial charge on any atom is 0.0774 e. The quantitative estimate of drug-likeness (QED) is 0.850. The Balaban J connectivity index is 2.39. The Morgan fingerprint density at radius 1 is 1.11 bits per heavy atom. The van der Waals surface area contributed by atoms with Crippen molar-refractivity contribution in [2.24, 2.45) is 0 Å². The van der Waals surface area contributed by atoms with Crippen LogP contribution in [0.4, 0.5) is 0 Å². The van der Waals surface area contributed by atoms with Crippen molar-refractivity contribution in [3.63, 3.8) is 0 Å². The minimum Gasteiger partial charge on any atom is -0.254 e. The van der Waals surface area contributed by atoms with Crippen LogP contribution in [0.2, 0.25) is 5.02 Å². The molecule has 96 valence electrons. The second kappa shape index (κ2) is 6.51. The molecule has 0 bridgehead atoms. The van der Waals surface area contributed by atoms with Gasteiger partial charge in [-0.2, -0.15) is 5.26 Å². The topological polar surface area (TPSA) is 40.9 Å². The van der Waals surface area contributed by atoms with Gasteiger partial charge < -0.3 is 0 Å². The molecule has 4 heteroatoms. The van der Waals surface area contributed by atoms with E-state index in [1.807, 2.05) is 30.3 Å². The fourth-order valence-corrected chi connectivity index (χ4v) is 3.60. The van der Waals surface area contributed by atoms with Gasteiger partial charge in [-0.15, -0.1) is 0 Å². The molecule has 2 aromatic rings. The minimum atomic E-state index is -1.34. The number of nitriles is 1. The van der Waals surface area contributed by atoms with Crippen LogP contribution >= 0.6 is 11.6 Å². The molecule has 0 saturated heterocycles. The van der Waals surface area contributed by atoms with Crippen LogP contribution in [-0.4, -0.2) is 4.21 Å². The lowest BCUT2D eigenvalue weighted by Gasteiger charge is -2.14. The standard InChI is InChI=1S/C15H12ClNOS/c16-13-8-4-5-9-15(13)19(18)14(10-11-17)12-6-2-1-3-7-12/h1-9,14H,10H2. The molecule has 0 fully saturated rings. The van der Waals surface area contributed by atoms with E-state index in [4.69, 9.17) is 16.9 Å². The summed E-state index contributed by atoms with van der Waals surface area (Å²) in [4.78, 5) is 0.577. The fraction of sp³-hybridized carbons (Fsp3) is 0.133. The van der Waals surface area contributed by atoms with Gasteiger partial charge in [0, 0.05) is 0 Å². The van der Waals surface area contributed by atoms with E-state index < -0.39 is 10.8 Å². The van der Waals surface area contributed by atoms with Gasteiger partial charge in [0.25, 0.3) is 0 Å². The zero-order valence-electron chi connectivity index (χ0n) is 10.1. The molecule has 0 N–H and O–H groups in total. The number of hydrogen-bond acceptors (Lipinski definition) is 2. The normalized spacial score (nSPS) is 13.5. The van der Waals surface area contributed by atoms with Gasteiger partial charge in [-0.3, -0.25) is 4.21 Å². The summed E-state index contributed by atoms with van der Waals surface area (Å²) in [7, 11) is -1.34. The van der Waals surface area contributed by atoms with Crippen LogP contribution in [0.5, 0.6) is 0 Å². The van der Waals surface area contributed by atoms with Gasteiger partial charge in [0.15, 0.2) is 0 Å². The summed E-state index contributed by atoms with van der Waals surface area (Å²) in [6.45, 7) is 0. The van der Waals surface area contributed by atoms with E-state index in [1.165, 1.54) is 0 Å². The molecular weight excluding hydrogens is 278 g/mol. The number of hydrogen-bond donors (Lipinski definition) is 0. The summed E-state index contributed by atoms with van der Waals surface area (Å²) in [5, 5.41) is 9.06. The molecule has 0 aliphatic rings. The largest absolute Gasteiger partial charge is 0.254 e. The molecular formula is C15H12ClNOS. The third-order valence-corrected chi connectivity index (χ3v) is 4.95. The van der Waals surface area contributed by atoms with Crippen LogP contribution in [0, 0.1) is 11.3 Å². The first-order valence-electron chi connectivity index (χ1n) is 5.81. The highest BCUT2D eigenvalue weighted by molar-refractivity contribution is 7.85. The molecule has 2 aromatic carbocycles. The predicted octanol–water partition coefficient (Wildman–Crippen LogP) is 4.10. The lowest BCUT2D eigenvalue weighted by molar-refractivity contribution is 0.672. The second-order valence-electron chi connectivity index (χ2n) is 3.99. The number of halogens is 1. The Kier molecular flexibility index (Phi) is 4.73. The van der Waals surface area contributed by atoms with E-state index in [-0.39, 0.29) is 11.7 Å². The van der Waals surface area contributed by atoms with E-state index >= 15 is 0 Å². The van der Waals surface area contributed by atoms with E-state index in [9.17, 15) is 4.21 Å². The average Bonchev–Trinajstić information content (AvgIpc) is 2.45. The second-order valence-corrected chi connectivity index (χ2v) is 6.00. The first kappa shape index (κ1) is 13.8. The molecule has 2 rings (SSSR count). The van der Waals surface area contributed by atoms with Crippen LogP contribution in [0.1, 0.15) is 17.2 Å². The summed E-state index contributed by atoms with van der Waals surface area (Å²) < 4.78 is 12.6. The summed E-state index contributed by atoms with van der Waals surface area (Å²) in [5.74, 6) is 0. The van der Waals surface area contributed by atoms with Gasteiger partial charge >= 0.3 is 0 Å². The van der Waals surface area contributed by atoms with Crippen LogP contribution < -0.4 is 0 Å². The van der Waals surface area contributed by atoms with E-state index in [0.717, 1.165) is 5.56 Å². The molecule has 2 atom stereocenters. The van der Waals surface area contributed by atoms with Crippen LogP contribution in [0.3, 0.4) is 0 Å². The van der Waals surface area contributed by atoms with E-state index in [1.54, 1.807) is 24.3 Å². The first-order valence-corrected chi connectivity index (χ1v) is 7.40. The van der Waals surface area contributed by atoms with Gasteiger partial charge in [0.1, 0.15) is 0 Å².